The number of carbonyl (C=O) groups is 1. The summed E-state index contributed by atoms with van der Waals surface area (Å²) in [6.45, 7) is 3.66. The van der Waals surface area contributed by atoms with Crippen LogP contribution in [0.25, 0.3) is 0 Å². The molecule has 0 aliphatic rings. The number of methoxy groups -OCH3 is 3. The third-order valence-electron chi connectivity index (χ3n) is 3.75. The Labute approximate surface area is 181 Å². The van der Waals surface area contributed by atoms with Gasteiger partial charge in [0, 0.05) is 18.7 Å². The van der Waals surface area contributed by atoms with Crippen molar-refractivity contribution >= 4 is 19.4 Å². The second-order valence-corrected chi connectivity index (χ2v) is 6.71. The van der Waals surface area contributed by atoms with E-state index >= 15 is 0 Å². The maximum atomic E-state index is 12.9. The molecular weight excluding hydrogens is 374 g/mol. The second kappa shape index (κ2) is 12.7. The first-order valence-electron chi connectivity index (χ1n) is 8.54. The summed E-state index contributed by atoms with van der Waals surface area (Å²) in [5.41, 5.74) is 0.340. The van der Waals surface area contributed by atoms with Crippen LogP contribution >= 0.6 is 8.58 Å². The molecular formula is C20H26LiO6P. The van der Waals surface area contributed by atoms with Crippen LogP contribution in [-0.2, 0) is 4.74 Å². The van der Waals surface area contributed by atoms with E-state index in [1.54, 1.807) is 19.2 Å². The van der Waals surface area contributed by atoms with Gasteiger partial charge in [-0.1, -0.05) is 12.1 Å². The minimum absolute atomic E-state index is 0. The van der Waals surface area contributed by atoms with Crippen molar-refractivity contribution in [3.05, 3.63) is 42.0 Å². The molecule has 148 valence electrons. The van der Waals surface area contributed by atoms with E-state index in [-0.39, 0.29) is 34.4 Å². The van der Waals surface area contributed by atoms with Gasteiger partial charge in [0.05, 0.1) is 27.9 Å². The fourth-order valence-electron chi connectivity index (χ4n) is 2.42. The van der Waals surface area contributed by atoms with Crippen molar-refractivity contribution in [3.8, 4) is 23.0 Å². The van der Waals surface area contributed by atoms with Crippen molar-refractivity contribution in [2.45, 2.75) is 6.92 Å². The van der Waals surface area contributed by atoms with E-state index in [1.807, 2.05) is 31.2 Å². The molecule has 2 aromatic carbocycles. The zero-order valence-corrected chi connectivity index (χ0v) is 18.0. The normalized spacial score (nSPS) is 10.4. The molecule has 0 aliphatic heterocycles. The topological polar surface area (TPSA) is 63.2 Å². The molecule has 0 aromatic heterocycles. The molecule has 0 aliphatic carbocycles. The summed E-state index contributed by atoms with van der Waals surface area (Å²) < 4.78 is 26.8. The molecule has 8 heteroatoms. The quantitative estimate of drug-likeness (QED) is 0.309. The van der Waals surface area contributed by atoms with E-state index in [9.17, 15) is 4.79 Å². The van der Waals surface area contributed by atoms with Gasteiger partial charge < -0.3 is 25.1 Å². The molecule has 2 aromatic rings. The average Bonchev–Trinajstić information content (AvgIpc) is 2.71. The van der Waals surface area contributed by atoms with Crippen molar-refractivity contribution in [1.82, 2.24) is 0 Å². The molecule has 0 heterocycles. The summed E-state index contributed by atoms with van der Waals surface area (Å²) in [5.74, 6) is 2.17. The van der Waals surface area contributed by atoms with Gasteiger partial charge in [-0.25, -0.2) is 0 Å². The fourth-order valence-corrected chi connectivity index (χ4v) is 3.39. The van der Waals surface area contributed by atoms with Gasteiger partial charge in [-0.15, -0.1) is 0 Å². The molecule has 1 unspecified atom stereocenters. The maximum Gasteiger partial charge on any atom is 1.00 e. The van der Waals surface area contributed by atoms with Crippen LogP contribution in [0.3, 0.4) is 0 Å². The summed E-state index contributed by atoms with van der Waals surface area (Å²) in [5, 5.41) is 0.900. The number of rotatable bonds is 11. The van der Waals surface area contributed by atoms with Crippen LogP contribution in [0.1, 0.15) is 18.7 Å². The molecule has 2 rings (SSSR count). The Morgan fingerprint density at radius 3 is 2.04 bits per heavy atom. The van der Waals surface area contributed by atoms with Crippen molar-refractivity contribution in [2.75, 3.05) is 41.2 Å². The monoisotopic (exact) mass is 400 g/mol. The predicted octanol–water partition coefficient (Wildman–Crippen LogP) is 0.388. The summed E-state index contributed by atoms with van der Waals surface area (Å²) in [6.07, 6.45) is 0. The van der Waals surface area contributed by atoms with Crippen LogP contribution < -0.4 is 43.1 Å². The van der Waals surface area contributed by atoms with Crippen molar-refractivity contribution in [1.29, 1.82) is 0 Å². The Hall–Kier alpha value is -1.70. The molecule has 0 saturated heterocycles. The summed E-state index contributed by atoms with van der Waals surface area (Å²) in [6, 6.07) is 10.8. The number of carbonyl (C=O) groups excluding carboxylic acids is 1. The molecule has 0 saturated carbocycles. The van der Waals surface area contributed by atoms with Gasteiger partial charge in [-0.3, -0.25) is 4.79 Å². The Balaban J connectivity index is 0.00000392. The fraction of sp³-hybridized carbons (Fsp3) is 0.350. The van der Waals surface area contributed by atoms with E-state index in [2.05, 4.69) is 0 Å². The molecule has 0 fully saturated rings. The van der Waals surface area contributed by atoms with Gasteiger partial charge in [-0.05, 0) is 32.9 Å². The van der Waals surface area contributed by atoms with Gasteiger partial charge in [-0.2, -0.15) is 0 Å². The largest absolute Gasteiger partial charge is 1.00 e. The minimum atomic E-state index is -0.0728. The standard InChI is InChI=1S/C20H25O6P.Li.H/c1-5-25-10-11-26-14-6-8-16(9-7-14)27-20(21)19-17(23-3)12-15(22-2)13-18(19)24-4;;/h6-9,12-13,27H,5,10-11H2,1-4H3;;/q;+1;-1. The zero-order chi connectivity index (χ0) is 19.6. The second-order valence-electron chi connectivity index (χ2n) is 5.43. The van der Waals surface area contributed by atoms with Crippen LogP contribution in [0.5, 0.6) is 23.0 Å². The number of benzene rings is 2. The first-order chi connectivity index (χ1) is 13.1. The van der Waals surface area contributed by atoms with E-state index < -0.39 is 0 Å². The van der Waals surface area contributed by atoms with Crippen molar-refractivity contribution in [2.24, 2.45) is 0 Å². The molecule has 0 radical (unpaired) electrons. The van der Waals surface area contributed by atoms with Crippen LogP contribution in [0.15, 0.2) is 36.4 Å². The van der Waals surface area contributed by atoms with Gasteiger partial charge >= 0.3 is 18.9 Å². The number of hydrogen-bond acceptors (Lipinski definition) is 6. The van der Waals surface area contributed by atoms with Crippen LogP contribution in [0.2, 0.25) is 0 Å². The van der Waals surface area contributed by atoms with Crippen molar-refractivity contribution < 1.29 is 48.8 Å². The Morgan fingerprint density at radius 2 is 1.54 bits per heavy atom. The van der Waals surface area contributed by atoms with Gasteiger partial charge in [0.15, 0.2) is 5.52 Å². The van der Waals surface area contributed by atoms with Gasteiger partial charge in [0.25, 0.3) is 0 Å². The molecule has 6 nitrogen and oxygen atoms in total. The Kier molecular flexibility index (Phi) is 11.0. The number of hydrogen-bond donors (Lipinski definition) is 0. The van der Waals surface area contributed by atoms with E-state index in [0.29, 0.717) is 42.6 Å². The summed E-state index contributed by atoms with van der Waals surface area (Å²) in [4.78, 5) is 12.9. The Morgan fingerprint density at radius 1 is 0.929 bits per heavy atom. The molecule has 1 atom stereocenters. The molecule has 0 amide bonds. The number of ether oxygens (including phenoxy) is 5. The minimum Gasteiger partial charge on any atom is -1.00 e. The van der Waals surface area contributed by atoms with Crippen LogP contribution in [0.4, 0.5) is 0 Å². The van der Waals surface area contributed by atoms with Crippen LogP contribution in [0, 0.1) is 0 Å². The third-order valence-corrected chi connectivity index (χ3v) is 4.85. The zero-order valence-electron chi connectivity index (χ0n) is 18.0. The van der Waals surface area contributed by atoms with E-state index in [1.165, 1.54) is 14.2 Å². The van der Waals surface area contributed by atoms with Gasteiger partial charge in [0.2, 0.25) is 0 Å². The summed E-state index contributed by atoms with van der Waals surface area (Å²) in [7, 11) is 4.51. The van der Waals surface area contributed by atoms with Crippen LogP contribution in [-0.4, -0.2) is 46.7 Å². The Bertz CT molecular complexity index is 732. The first-order valence-corrected chi connectivity index (χ1v) is 9.54. The van der Waals surface area contributed by atoms with E-state index in [0.717, 1.165) is 11.1 Å². The molecule has 0 N–H and O–H groups in total. The maximum absolute atomic E-state index is 12.9. The first kappa shape index (κ1) is 24.3. The third kappa shape index (κ3) is 6.72. The molecule has 0 bridgehead atoms. The molecule has 28 heavy (non-hydrogen) atoms. The van der Waals surface area contributed by atoms with Crippen molar-refractivity contribution in [3.63, 3.8) is 0 Å². The SMILES string of the molecule is CCOCCOc1ccc(PC(=O)c2c(OC)cc(OC)cc2OC)cc1.[H-].[Li+]. The average molecular weight is 400 g/mol. The van der Waals surface area contributed by atoms with E-state index in [4.69, 9.17) is 23.7 Å². The predicted molar refractivity (Wildman–Crippen MR) is 108 cm³/mol. The molecule has 0 spiro atoms. The smallest absolute Gasteiger partial charge is 1.00 e. The summed E-state index contributed by atoms with van der Waals surface area (Å²) >= 11 is 0. The van der Waals surface area contributed by atoms with Gasteiger partial charge in [0.1, 0.15) is 35.2 Å².